The number of hydrogen-bond donors (Lipinski definition) is 0. The average molecular weight is 297 g/mol. The van der Waals surface area contributed by atoms with Crippen molar-refractivity contribution in [3.05, 3.63) is 53.6 Å². The third kappa shape index (κ3) is 4.35. The molecule has 2 aromatic carbocycles. The molecule has 0 aliphatic rings. The van der Waals surface area contributed by atoms with E-state index in [4.69, 9.17) is 9.47 Å². The highest BCUT2D eigenvalue weighted by Gasteiger charge is 2.05. The molecule has 0 saturated carbocycles. The van der Waals surface area contributed by atoms with Gasteiger partial charge in [0.25, 0.3) is 0 Å². The van der Waals surface area contributed by atoms with Crippen LogP contribution in [0.25, 0.3) is 0 Å². The van der Waals surface area contributed by atoms with Crippen molar-refractivity contribution < 1.29 is 9.47 Å². The van der Waals surface area contributed by atoms with E-state index in [1.165, 1.54) is 5.56 Å². The SMILES string of the molecule is CCOc1ccc(C=Nc2ccc(CC)cc2)cc1OCC. The van der Waals surface area contributed by atoms with Gasteiger partial charge in [0.1, 0.15) is 0 Å². The number of ether oxygens (including phenoxy) is 2. The molecule has 3 nitrogen and oxygen atoms in total. The highest BCUT2D eigenvalue weighted by Crippen LogP contribution is 2.28. The van der Waals surface area contributed by atoms with Gasteiger partial charge in [-0.2, -0.15) is 0 Å². The lowest BCUT2D eigenvalue weighted by molar-refractivity contribution is 0.288. The smallest absolute Gasteiger partial charge is 0.161 e. The van der Waals surface area contributed by atoms with Crippen molar-refractivity contribution in [1.82, 2.24) is 0 Å². The average Bonchev–Trinajstić information content (AvgIpc) is 2.56. The fourth-order valence-corrected chi connectivity index (χ4v) is 2.11. The Hall–Kier alpha value is -2.29. The van der Waals surface area contributed by atoms with Gasteiger partial charge in [-0.25, -0.2) is 0 Å². The first-order valence-corrected chi connectivity index (χ1v) is 7.79. The van der Waals surface area contributed by atoms with Gasteiger partial charge in [-0.05, 0) is 61.7 Å². The first kappa shape index (κ1) is 16.1. The summed E-state index contributed by atoms with van der Waals surface area (Å²) in [4.78, 5) is 4.51. The maximum absolute atomic E-state index is 5.63. The minimum absolute atomic E-state index is 0.610. The molecule has 0 bridgehead atoms. The van der Waals surface area contributed by atoms with E-state index in [0.29, 0.717) is 13.2 Å². The van der Waals surface area contributed by atoms with E-state index >= 15 is 0 Å². The quantitative estimate of drug-likeness (QED) is 0.687. The Morgan fingerprint density at radius 1 is 0.864 bits per heavy atom. The fourth-order valence-electron chi connectivity index (χ4n) is 2.11. The second-order valence-electron chi connectivity index (χ2n) is 4.85. The van der Waals surface area contributed by atoms with Gasteiger partial charge in [0.15, 0.2) is 11.5 Å². The summed E-state index contributed by atoms with van der Waals surface area (Å²) in [5, 5.41) is 0. The number of aliphatic imine (C=N–C) groups is 1. The number of rotatable bonds is 7. The third-order valence-corrected chi connectivity index (χ3v) is 3.27. The third-order valence-electron chi connectivity index (χ3n) is 3.27. The molecule has 0 atom stereocenters. The number of hydrogen-bond acceptors (Lipinski definition) is 3. The molecule has 0 unspecified atom stereocenters. The normalized spacial score (nSPS) is 10.9. The summed E-state index contributed by atoms with van der Waals surface area (Å²) in [7, 11) is 0. The fraction of sp³-hybridized carbons (Fsp3) is 0.316. The molecule has 0 heterocycles. The minimum Gasteiger partial charge on any atom is -0.490 e. The van der Waals surface area contributed by atoms with Crippen LogP contribution in [0.2, 0.25) is 0 Å². The van der Waals surface area contributed by atoms with Crippen LogP contribution in [0.3, 0.4) is 0 Å². The second-order valence-corrected chi connectivity index (χ2v) is 4.85. The van der Waals surface area contributed by atoms with E-state index in [9.17, 15) is 0 Å². The maximum Gasteiger partial charge on any atom is 0.161 e. The summed E-state index contributed by atoms with van der Waals surface area (Å²) < 4.78 is 11.2. The molecule has 0 aromatic heterocycles. The van der Waals surface area contributed by atoms with Crippen LogP contribution in [0.1, 0.15) is 31.9 Å². The van der Waals surface area contributed by atoms with Gasteiger partial charge in [-0.15, -0.1) is 0 Å². The van der Waals surface area contributed by atoms with Crippen LogP contribution in [0.4, 0.5) is 5.69 Å². The zero-order chi connectivity index (χ0) is 15.8. The van der Waals surface area contributed by atoms with E-state index in [1.54, 1.807) is 0 Å². The molecule has 0 aliphatic carbocycles. The largest absolute Gasteiger partial charge is 0.490 e. The van der Waals surface area contributed by atoms with Gasteiger partial charge in [-0.3, -0.25) is 4.99 Å². The predicted molar refractivity (Wildman–Crippen MR) is 91.9 cm³/mol. The Labute approximate surface area is 132 Å². The summed E-state index contributed by atoms with van der Waals surface area (Å²) >= 11 is 0. The van der Waals surface area contributed by atoms with E-state index in [0.717, 1.165) is 29.2 Å². The second kappa shape index (κ2) is 8.23. The monoisotopic (exact) mass is 297 g/mol. The van der Waals surface area contributed by atoms with Crippen molar-refractivity contribution in [2.45, 2.75) is 27.2 Å². The lowest BCUT2D eigenvalue weighted by Crippen LogP contribution is -1.99. The summed E-state index contributed by atoms with van der Waals surface area (Å²) in [6.45, 7) is 7.31. The molecular formula is C19H23NO2. The molecule has 22 heavy (non-hydrogen) atoms. The zero-order valence-electron chi connectivity index (χ0n) is 13.5. The molecule has 0 saturated heterocycles. The van der Waals surface area contributed by atoms with E-state index in [2.05, 4.69) is 24.0 Å². The highest BCUT2D eigenvalue weighted by atomic mass is 16.5. The topological polar surface area (TPSA) is 30.8 Å². The predicted octanol–water partition coefficient (Wildman–Crippen LogP) is 4.80. The lowest BCUT2D eigenvalue weighted by Gasteiger charge is -2.11. The van der Waals surface area contributed by atoms with Crippen LogP contribution >= 0.6 is 0 Å². The molecule has 0 fully saturated rings. The van der Waals surface area contributed by atoms with Crippen LogP contribution in [0.5, 0.6) is 11.5 Å². The van der Waals surface area contributed by atoms with Gasteiger partial charge in [-0.1, -0.05) is 19.1 Å². The van der Waals surface area contributed by atoms with Crippen molar-refractivity contribution in [2.24, 2.45) is 4.99 Å². The molecule has 2 aromatic rings. The van der Waals surface area contributed by atoms with Crippen LogP contribution in [-0.2, 0) is 6.42 Å². The van der Waals surface area contributed by atoms with Gasteiger partial charge in [0, 0.05) is 6.21 Å². The van der Waals surface area contributed by atoms with Crippen LogP contribution in [0.15, 0.2) is 47.5 Å². The Balaban J connectivity index is 2.17. The van der Waals surface area contributed by atoms with E-state index in [1.807, 2.05) is 50.4 Å². The minimum atomic E-state index is 0.610. The molecule has 3 heteroatoms. The maximum atomic E-state index is 5.63. The number of aryl methyl sites for hydroxylation is 1. The molecule has 0 spiro atoms. The van der Waals surface area contributed by atoms with Crippen molar-refractivity contribution in [3.63, 3.8) is 0 Å². The van der Waals surface area contributed by atoms with Gasteiger partial charge in [0.05, 0.1) is 18.9 Å². The first-order valence-electron chi connectivity index (χ1n) is 7.79. The number of benzene rings is 2. The molecule has 0 amide bonds. The van der Waals surface area contributed by atoms with E-state index < -0.39 is 0 Å². The summed E-state index contributed by atoms with van der Waals surface area (Å²) in [6, 6.07) is 14.2. The molecule has 0 aliphatic heterocycles. The molecular weight excluding hydrogens is 274 g/mol. The summed E-state index contributed by atoms with van der Waals surface area (Å²) in [5.41, 5.74) is 3.26. The Morgan fingerprint density at radius 2 is 1.55 bits per heavy atom. The van der Waals surface area contributed by atoms with Crippen molar-refractivity contribution in [1.29, 1.82) is 0 Å². The van der Waals surface area contributed by atoms with Crippen LogP contribution in [0, 0.1) is 0 Å². The summed E-state index contributed by atoms with van der Waals surface area (Å²) in [5.74, 6) is 1.53. The Kier molecular flexibility index (Phi) is 6.01. The molecule has 116 valence electrons. The van der Waals surface area contributed by atoms with Crippen LogP contribution in [-0.4, -0.2) is 19.4 Å². The highest BCUT2D eigenvalue weighted by molar-refractivity contribution is 5.83. The van der Waals surface area contributed by atoms with Crippen molar-refractivity contribution >= 4 is 11.9 Å². The molecule has 2 rings (SSSR count). The lowest BCUT2D eigenvalue weighted by atomic mass is 10.1. The summed E-state index contributed by atoms with van der Waals surface area (Å²) in [6.07, 6.45) is 2.89. The van der Waals surface area contributed by atoms with E-state index in [-0.39, 0.29) is 0 Å². The van der Waals surface area contributed by atoms with Crippen molar-refractivity contribution in [2.75, 3.05) is 13.2 Å². The Bertz CT molecular complexity index is 618. The molecule has 0 radical (unpaired) electrons. The van der Waals surface area contributed by atoms with Crippen LogP contribution < -0.4 is 9.47 Å². The number of nitrogens with zero attached hydrogens (tertiary/aromatic N) is 1. The first-order chi connectivity index (χ1) is 10.8. The zero-order valence-corrected chi connectivity index (χ0v) is 13.5. The van der Waals surface area contributed by atoms with Crippen molar-refractivity contribution in [3.8, 4) is 11.5 Å². The standard InChI is InChI=1S/C19H23NO2/c1-4-15-7-10-17(11-8-15)20-14-16-9-12-18(21-5-2)19(13-16)22-6-3/h7-14H,4-6H2,1-3H3. The molecule has 0 N–H and O–H groups in total. The van der Waals surface area contributed by atoms with Gasteiger partial charge >= 0.3 is 0 Å². The van der Waals surface area contributed by atoms with Gasteiger partial charge < -0.3 is 9.47 Å². The van der Waals surface area contributed by atoms with Gasteiger partial charge in [0.2, 0.25) is 0 Å². The Morgan fingerprint density at radius 3 is 2.18 bits per heavy atom.